The van der Waals surface area contributed by atoms with Crippen LogP contribution < -0.4 is 10.6 Å². The molecule has 0 unspecified atom stereocenters. The van der Waals surface area contributed by atoms with Gasteiger partial charge in [-0.25, -0.2) is 4.39 Å². The number of halogens is 2. The minimum atomic E-state index is -0.326. The third kappa shape index (κ3) is 3.76. The zero-order valence-electron chi connectivity index (χ0n) is 9.71. The molecule has 98 valence electrons. The highest BCUT2D eigenvalue weighted by molar-refractivity contribution is 9.10. The molecule has 1 amide bonds. The lowest BCUT2D eigenvalue weighted by atomic mass is 10.2. The molecule has 18 heavy (non-hydrogen) atoms. The summed E-state index contributed by atoms with van der Waals surface area (Å²) in [5.41, 5.74) is 0.715. The van der Waals surface area contributed by atoms with Gasteiger partial charge in [0.1, 0.15) is 11.9 Å². The van der Waals surface area contributed by atoms with Gasteiger partial charge in [0.25, 0.3) is 0 Å². The van der Waals surface area contributed by atoms with E-state index in [1.54, 1.807) is 6.07 Å². The largest absolute Gasteiger partial charge is 0.378 e. The molecule has 2 N–H and O–H groups in total. The molecule has 1 fully saturated rings. The number of rotatable bonds is 3. The van der Waals surface area contributed by atoms with Crippen LogP contribution in [0.2, 0.25) is 0 Å². The molecule has 1 aliphatic heterocycles. The molecule has 1 atom stereocenters. The monoisotopic (exact) mass is 316 g/mol. The average molecular weight is 317 g/mol. The molecule has 0 bridgehead atoms. The smallest absolute Gasteiger partial charge is 0.239 e. The number of hydrogen-bond donors (Lipinski definition) is 2. The van der Waals surface area contributed by atoms with Gasteiger partial charge in [0.2, 0.25) is 5.91 Å². The quantitative estimate of drug-likeness (QED) is 0.881. The Morgan fingerprint density at radius 1 is 1.56 bits per heavy atom. The Kier molecular flexibility index (Phi) is 4.68. The van der Waals surface area contributed by atoms with Gasteiger partial charge in [-0.05, 0) is 23.8 Å². The molecule has 0 saturated carbocycles. The zero-order chi connectivity index (χ0) is 13.0. The fraction of sp³-hybridized carbons (Fsp3) is 0.417. The lowest BCUT2D eigenvalue weighted by Crippen LogP contribution is -2.51. The van der Waals surface area contributed by atoms with E-state index in [1.807, 2.05) is 0 Å². The Morgan fingerprint density at radius 3 is 3.06 bits per heavy atom. The Bertz CT molecular complexity index is 416. The van der Waals surface area contributed by atoms with E-state index in [-0.39, 0.29) is 17.8 Å². The number of carbonyl (C=O) groups is 1. The Hall–Kier alpha value is -0.980. The zero-order valence-corrected chi connectivity index (χ0v) is 11.3. The molecule has 1 heterocycles. The SMILES string of the molecule is O=C(NCc1cc(F)cc(Br)c1)[C@H]1COCCN1. The first-order valence-electron chi connectivity index (χ1n) is 5.69. The van der Waals surface area contributed by atoms with Gasteiger partial charge in [-0.3, -0.25) is 4.79 Å². The summed E-state index contributed by atoms with van der Waals surface area (Å²) in [5, 5.41) is 5.81. The summed E-state index contributed by atoms with van der Waals surface area (Å²) in [7, 11) is 0. The van der Waals surface area contributed by atoms with Crippen molar-refractivity contribution in [2.75, 3.05) is 19.8 Å². The predicted octanol–water partition coefficient (Wildman–Crippen LogP) is 1.19. The van der Waals surface area contributed by atoms with Crippen LogP contribution in [-0.2, 0) is 16.1 Å². The molecule has 1 aromatic rings. The van der Waals surface area contributed by atoms with Crippen LogP contribution in [0, 0.1) is 5.82 Å². The van der Waals surface area contributed by atoms with Gasteiger partial charge in [0.05, 0.1) is 13.2 Å². The fourth-order valence-corrected chi connectivity index (χ4v) is 2.27. The molecule has 0 aromatic heterocycles. The van der Waals surface area contributed by atoms with Crippen LogP contribution in [0.15, 0.2) is 22.7 Å². The second kappa shape index (κ2) is 6.26. The van der Waals surface area contributed by atoms with Crippen molar-refractivity contribution in [2.45, 2.75) is 12.6 Å². The topological polar surface area (TPSA) is 50.4 Å². The maximum atomic E-state index is 13.1. The minimum absolute atomic E-state index is 0.130. The Morgan fingerprint density at radius 2 is 2.39 bits per heavy atom. The lowest BCUT2D eigenvalue weighted by molar-refractivity contribution is -0.126. The van der Waals surface area contributed by atoms with Crippen molar-refractivity contribution in [3.63, 3.8) is 0 Å². The molecular weight excluding hydrogens is 303 g/mol. The van der Waals surface area contributed by atoms with E-state index in [1.165, 1.54) is 12.1 Å². The van der Waals surface area contributed by atoms with E-state index in [9.17, 15) is 9.18 Å². The third-order valence-corrected chi connectivity index (χ3v) is 3.09. The van der Waals surface area contributed by atoms with Gasteiger partial charge >= 0.3 is 0 Å². The minimum Gasteiger partial charge on any atom is -0.378 e. The van der Waals surface area contributed by atoms with Crippen molar-refractivity contribution in [1.82, 2.24) is 10.6 Å². The number of carbonyl (C=O) groups excluding carboxylic acids is 1. The molecule has 6 heteroatoms. The number of benzene rings is 1. The number of hydrogen-bond acceptors (Lipinski definition) is 3. The molecule has 1 aromatic carbocycles. The van der Waals surface area contributed by atoms with Gasteiger partial charge in [-0.2, -0.15) is 0 Å². The van der Waals surface area contributed by atoms with Gasteiger partial charge < -0.3 is 15.4 Å². The highest BCUT2D eigenvalue weighted by atomic mass is 79.9. The van der Waals surface area contributed by atoms with Crippen LogP contribution in [0.5, 0.6) is 0 Å². The summed E-state index contributed by atoms with van der Waals surface area (Å²) >= 11 is 3.21. The molecule has 1 saturated heterocycles. The van der Waals surface area contributed by atoms with E-state index >= 15 is 0 Å². The highest BCUT2D eigenvalue weighted by Gasteiger charge is 2.20. The van der Waals surface area contributed by atoms with Crippen LogP contribution in [0.3, 0.4) is 0 Å². The molecule has 2 rings (SSSR count). The standard InChI is InChI=1S/C12H14BrFN2O2/c13-9-3-8(4-10(14)5-9)6-16-12(17)11-7-18-2-1-15-11/h3-5,11,15H,1-2,6-7H2,(H,16,17)/t11-/m1/s1. The Labute approximate surface area is 113 Å². The van der Waals surface area contributed by atoms with E-state index in [2.05, 4.69) is 26.6 Å². The molecule has 4 nitrogen and oxygen atoms in total. The van der Waals surface area contributed by atoms with E-state index in [0.29, 0.717) is 36.3 Å². The maximum Gasteiger partial charge on any atom is 0.239 e. The summed E-state index contributed by atoms with van der Waals surface area (Å²) in [5.74, 6) is -0.456. The summed E-state index contributed by atoms with van der Waals surface area (Å²) in [4.78, 5) is 11.8. The summed E-state index contributed by atoms with van der Waals surface area (Å²) in [6.45, 7) is 1.97. The van der Waals surface area contributed by atoms with Crippen molar-refractivity contribution >= 4 is 21.8 Å². The van der Waals surface area contributed by atoms with E-state index < -0.39 is 0 Å². The van der Waals surface area contributed by atoms with Crippen molar-refractivity contribution in [3.8, 4) is 0 Å². The van der Waals surface area contributed by atoms with Crippen LogP contribution >= 0.6 is 15.9 Å². The van der Waals surface area contributed by atoms with Crippen LogP contribution in [0.25, 0.3) is 0 Å². The normalized spacial score (nSPS) is 19.6. The fourth-order valence-electron chi connectivity index (χ4n) is 1.76. The van der Waals surface area contributed by atoms with Crippen LogP contribution in [0.4, 0.5) is 4.39 Å². The van der Waals surface area contributed by atoms with Crippen molar-refractivity contribution in [2.24, 2.45) is 0 Å². The van der Waals surface area contributed by atoms with Gasteiger partial charge in [-0.1, -0.05) is 15.9 Å². The second-order valence-electron chi connectivity index (χ2n) is 4.08. The van der Waals surface area contributed by atoms with Gasteiger partial charge in [0.15, 0.2) is 0 Å². The third-order valence-electron chi connectivity index (χ3n) is 2.63. The van der Waals surface area contributed by atoms with Crippen LogP contribution in [0.1, 0.15) is 5.56 Å². The van der Waals surface area contributed by atoms with E-state index in [4.69, 9.17) is 4.74 Å². The first-order chi connectivity index (χ1) is 8.65. The molecule has 0 radical (unpaired) electrons. The van der Waals surface area contributed by atoms with Crippen molar-refractivity contribution in [1.29, 1.82) is 0 Å². The summed E-state index contributed by atoms with van der Waals surface area (Å²) in [6, 6.07) is 4.22. The molecular formula is C12H14BrFN2O2. The average Bonchev–Trinajstić information content (AvgIpc) is 2.36. The highest BCUT2D eigenvalue weighted by Crippen LogP contribution is 2.14. The maximum absolute atomic E-state index is 13.1. The van der Waals surface area contributed by atoms with Crippen LogP contribution in [-0.4, -0.2) is 31.7 Å². The van der Waals surface area contributed by atoms with Gasteiger partial charge in [-0.15, -0.1) is 0 Å². The summed E-state index contributed by atoms with van der Waals surface area (Å²) < 4.78 is 19.0. The number of amides is 1. The number of nitrogens with one attached hydrogen (secondary N) is 2. The summed E-state index contributed by atoms with van der Waals surface area (Å²) in [6.07, 6.45) is 0. The molecule has 0 spiro atoms. The lowest BCUT2D eigenvalue weighted by Gasteiger charge is -2.22. The first-order valence-corrected chi connectivity index (χ1v) is 6.48. The number of morpholine rings is 1. The van der Waals surface area contributed by atoms with E-state index in [0.717, 1.165) is 0 Å². The van der Waals surface area contributed by atoms with Crippen molar-refractivity contribution in [3.05, 3.63) is 34.1 Å². The van der Waals surface area contributed by atoms with Gasteiger partial charge in [0, 0.05) is 17.6 Å². The molecule has 1 aliphatic rings. The number of ether oxygens (including phenoxy) is 1. The second-order valence-corrected chi connectivity index (χ2v) is 4.99. The predicted molar refractivity (Wildman–Crippen MR) is 68.6 cm³/mol. The Balaban J connectivity index is 1.88. The molecule has 0 aliphatic carbocycles. The first kappa shape index (κ1) is 13.5. The van der Waals surface area contributed by atoms with Crippen molar-refractivity contribution < 1.29 is 13.9 Å².